The number of likely N-dealkylation sites (tertiary alicyclic amines) is 1. The topological polar surface area (TPSA) is 142 Å². The van der Waals surface area contributed by atoms with Gasteiger partial charge < -0.3 is 21.3 Å². The second kappa shape index (κ2) is 9.34. The average Bonchev–Trinajstić information content (AvgIpc) is 3.32. The van der Waals surface area contributed by atoms with Crippen molar-refractivity contribution in [2.24, 2.45) is 0 Å². The lowest BCUT2D eigenvalue weighted by Crippen LogP contribution is -2.43. The van der Waals surface area contributed by atoms with Gasteiger partial charge in [-0.3, -0.25) is 14.7 Å². The number of nitrogen functional groups attached to an aromatic ring is 1. The molecule has 3 aromatic rings. The maximum Gasteiger partial charge on any atom is 0.272 e. The van der Waals surface area contributed by atoms with Gasteiger partial charge in [0.05, 0.1) is 11.4 Å². The van der Waals surface area contributed by atoms with Gasteiger partial charge in [0.25, 0.3) is 11.8 Å². The van der Waals surface area contributed by atoms with Crippen LogP contribution >= 0.6 is 0 Å². The van der Waals surface area contributed by atoms with Gasteiger partial charge in [-0.2, -0.15) is 5.10 Å². The van der Waals surface area contributed by atoms with Crippen molar-refractivity contribution in [1.82, 2.24) is 35.7 Å². The van der Waals surface area contributed by atoms with Crippen molar-refractivity contribution in [3.63, 3.8) is 0 Å². The van der Waals surface area contributed by atoms with Gasteiger partial charge in [-0.25, -0.2) is 9.97 Å². The molecule has 10 heteroatoms. The number of aromatic nitrogens is 4. The summed E-state index contributed by atoms with van der Waals surface area (Å²) in [5.41, 5.74) is 10.5. The molecule has 5 N–H and O–H groups in total. The average molecular weight is 489 g/mol. The molecule has 1 aliphatic carbocycles. The summed E-state index contributed by atoms with van der Waals surface area (Å²) >= 11 is 0. The molecular weight excluding hydrogens is 456 g/mol. The minimum atomic E-state index is -0.329. The number of piperidine rings is 1. The quantitative estimate of drug-likeness (QED) is 0.430. The molecule has 0 unspecified atom stereocenters. The zero-order chi connectivity index (χ0) is 25.4. The van der Waals surface area contributed by atoms with Gasteiger partial charge >= 0.3 is 0 Å². The molecule has 0 radical (unpaired) electrons. The highest BCUT2D eigenvalue weighted by Crippen LogP contribution is 2.42. The molecule has 36 heavy (non-hydrogen) atoms. The lowest BCUT2D eigenvalue weighted by atomic mass is 9.73. The van der Waals surface area contributed by atoms with Crippen molar-refractivity contribution in [3.8, 4) is 11.4 Å². The number of carbonyl (C=O) groups excluding carboxylic acids is 2. The Morgan fingerprint density at radius 1 is 1.17 bits per heavy atom. The Hall–Kier alpha value is -3.79. The molecule has 10 nitrogen and oxygen atoms in total. The normalized spacial score (nSPS) is 17.2. The molecule has 1 fully saturated rings. The van der Waals surface area contributed by atoms with E-state index in [1.54, 1.807) is 18.3 Å². The van der Waals surface area contributed by atoms with E-state index in [9.17, 15) is 9.59 Å². The summed E-state index contributed by atoms with van der Waals surface area (Å²) in [7, 11) is 2.10. The third kappa shape index (κ3) is 4.68. The van der Waals surface area contributed by atoms with E-state index in [1.165, 1.54) is 0 Å². The fourth-order valence-electron chi connectivity index (χ4n) is 5.13. The molecule has 0 atom stereocenters. The number of H-pyrrole nitrogens is 1. The van der Waals surface area contributed by atoms with Crippen molar-refractivity contribution >= 4 is 17.8 Å². The number of hydrogen-bond donors (Lipinski definition) is 4. The second-order valence-electron chi connectivity index (χ2n) is 10.4. The lowest BCUT2D eigenvalue weighted by Gasteiger charge is -2.31. The van der Waals surface area contributed by atoms with E-state index in [-0.39, 0.29) is 29.2 Å². The van der Waals surface area contributed by atoms with Crippen molar-refractivity contribution in [2.75, 3.05) is 25.9 Å². The van der Waals surface area contributed by atoms with Crippen LogP contribution in [-0.4, -0.2) is 63.1 Å². The summed E-state index contributed by atoms with van der Waals surface area (Å²) in [6, 6.07) is 7.54. The van der Waals surface area contributed by atoms with Crippen LogP contribution in [0.3, 0.4) is 0 Å². The monoisotopic (exact) mass is 488 g/mol. The van der Waals surface area contributed by atoms with Crippen molar-refractivity contribution in [2.45, 2.75) is 51.1 Å². The molecule has 1 saturated heterocycles. The summed E-state index contributed by atoms with van der Waals surface area (Å²) < 4.78 is 0. The summed E-state index contributed by atoms with van der Waals surface area (Å²) in [5.74, 6) is -0.145. The van der Waals surface area contributed by atoms with E-state index >= 15 is 0 Å². The first-order chi connectivity index (χ1) is 17.2. The molecule has 0 saturated carbocycles. The Bertz CT molecular complexity index is 1290. The standard InChI is InChI=1S/C26H32N8O2/c1-26(2)12-17-14-29-25(27)31-20(17)21-19(26)22(33-32-21)24(36)28-13-15-4-6-16(7-5-15)23(35)30-18-8-10-34(3)11-9-18/h4-7,14,18H,8-13H2,1-3H3,(H,28,36)(H,30,35)(H,32,33)(H2,27,29,31). The van der Waals surface area contributed by atoms with Gasteiger partial charge in [-0.1, -0.05) is 26.0 Å². The molecule has 188 valence electrons. The predicted molar refractivity (Wildman–Crippen MR) is 136 cm³/mol. The molecule has 1 aliphatic heterocycles. The van der Waals surface area contributed by atoms with Gasteiger partial charge in [0, 0.05) is 29.9 Å². The van der Waals surface area contributed by atoms with Gasteiger partial charge in [0.2, 0.25) is 5.95 Å². The minimum Gasteiger partial charge on any atom is -0.368 e. The Kier molecular flexibility index (Phi) is 6.21. The van der Waals surface area contributed by atoms with E-state index in [0.29, 0.717) is 35.6 Å². The van der Waals surface area contributed by atoms with E-state index in [0.717, 1.165) is 42.6 Å². The number of nitrogens with zero attached hydrogens (tertiary/aromatic N) is 4. The maximum atomic E-state index is 13.1. The number of benzene rings is 1. The fraction of sp³-hybridized carbons (Fsp3) is 0.423. The SMILES string of the molecule is CN1CCC(NC(=O)c2ccc(CNC(=O)c3n[nH]c4c3C(C)(C)Cc3cnc(N)nc3-4)cc2)CC1. The van der Waals surface area contributed by atoms with E-state index in [2.05, 4.69) is 56.6 Å². The van der Waals surface area contributed by atoms with Crippen LogP contribution in [0.2, 0.25) is 0 Å². The summed E-state index contributed by atoms with van der Waals surface area (Å²) in [4.78, 5) is 36.5. The van der Waals surface area contributed by atoms with Crippen LogP contribution in [0.15, 0.2) is 30.5 Å². The minimum absolute atomic E-state index is 0.0600. The predicted octanol–water partition coefficient (Wildman–Crippen LogP) is 2.04. The van der Waals surface area contributed by atoms with Gasteiger partial charge in [0.1, 0.15) is 0 Å². The second-order valence-corrected chi connectivity index (χ2v) is 10.4. The Labute approximate surface area is 210 Å². The summed E-state index contributed by atoms with van der Waals surface area (Å²) in [6.07, 6.45) is 4.34. The van der Waals surface area contributed by atoms with Crippen LogP contribution in [-0.2, 0) is 18.4 Å². The Morgan fingerprint density at radius 3 is 2.61 bits per heavy atom. The smallest absolute Gasteiger partial charge is 0.272 e. The Balaban J connectivity index is 1.24. The highest BCUT2D eigenvalue weighted by atomic mass is 16.2. The number of carbonyl (C=O) groups is 2. The third-order valence-electron chi connectivity index (χ3n) is 7.13. The molecule has 2 amide bonds. The van der Waals surface area contributed by atoms with Crippen LogP contribution < -0.4 is 16.4 Å². The molecule has 2 aromatic heterocycles. The first-order valence-corrected chi connectivity index (χ1v) is 12.3. The van der Waals surface area contributed by atoms with E-state index in [4.69, 9.17) is 5.73 Å². The molecule has 0 bridgehead atoms. The van der Waals surface area contributed by atoms with Crippen LogP contribution in [0, 0.1) is 0 Å². The Morgan fingerprint density at radius 2 is 1.89 bits per heavy atom. The number of fused-ring (bicyclic) bond motifs is 3. The van der Waals surface area contributed by atoms with Crippen molar-refractivity contribution < 1.29 is 9.59 Å². The summed E-state index contributed by atoms with van der Waals surface area (Å²) in [6.45, 7) is 6.46. The highest BCUT2D eigenvalue weighted by Gasteiger charge is 2.38. The number of amides is 2. The van der Waals surface area contributed by atoms with Crippen LogP contribution in [0.1, 0.15) is 64.2 Å². The molecule has 2 aliphatic rings. The van der Waals surface area contributed by atoms with E-state index < -0.39 is 0 Å². The van der Waals surface area contributed by atoms with Crippen LogP contribution in [0.4, 0.5) is 5.95 Å². The van der Waals surface area contributed by atoms with E-state index in [1.807, 2.05) is 12.1 Å². The third-order valence-corrected chi connectivity index (χ3v) is 7.13. The summed E-state index contributed by atoms with van der Waals surface area (Å²) in [5, 5.41) is 13.4. The highest BCUT2D eigenvalue weighted by molar-refractivity contribution is 5.96. The van der Waals surface area contributed by atoms with Gasteiger partial charge in [-0.15, -0.1) is 0 Å². The molecule has 3 heterocycles. The largest absolute Gasteiger partial charge is 0.368 e. The molecular formula is C26H32N8O2. The molecule has 1 aromatic carbocycles. The van der Waals surface area contributed by atoms with Crippen molar-refractivity contribution in [1.29, 1.82) is 0 Å². The van der Waals surface area contributed by atoms with Crippen LogP contribution in [0.5, 0.6) is 0 Å². The van der Waals surface area contributed by atoms with Gasteiger partial charge in [-0.05, 0) is 68.1 Å². The zero-order valence-electron chi connectivity index (χ0n) is 20.9. The van der Waals surface area contributed by atoms with Crippen molar-refractivity contribution in [3.05, 3.63) is 58.4 Å². The molecule has 0 spiro atoms. The first kappa shape index (κ1) is 23.9. The first-order valence-electron chi connectivity index (χ1n) is 12.3. The number of rotatable bonds is 5. The van der Waals surface area contributed by atoms with Crippen LogP contribution in [0.25, 0.3) is 11.4 Å². The number of aromatic amines is 1. The lowest BCUT2D eigenvalue weighted by molar-refractivity contribution is 0.0914. The molecule has 5 rings (SSSR count). The maximum absolute atomic E-state index is 13.1. The number of nitrogens with two attached hydrogens (primary N) is 1. The number of hydrogen-bond acceptors (Lipinski definition) is 7. The number of nitrogens with one attached hydrogen (secondary N) is 3. The fourth-order valence-corrected chi connectivity index (χ4v) is 5.13. The van der Waals surface area contributed by atoms with Gasteiger partial charge in [0.15, 0.2) is 5.69 Å². The zero-order valence-corrected chi connectivity index (χ0v) is 20.9. The number of anilines is 1.